The average molecular weight is 275 g/mol. The molecule has 1 aliphatic rings. The Morgan fingerprint density at radius 3 is 2.50 bits per heavy atom. The van der Waals surface area contributed by atoms with E-state index in [0.717, 1.165) is 5.56 Å². The maximum absolute atomic E-state index is 11.8. The first kappa shape index (κ1) is 14.6. The Balaban J connectivity index is 2.17. The van der Waals surface area contributed by atoms with Crippen molar-refractivity contribution in [1.82, 2.24) is 0 Å². The van der Waals surface area contributed by atoms with Gasteiger partial charge in [0.2, 0.25) is 0 Å². The molecule has 0 bridgehead atoms. The highest BCUT2D eigenvalue weighted by Crippen LogP contribution is 2.30. The van der Waals surface area contributed by atoms with Gasteiger partial charge in [0.05, 0.1) is 6.61 Å². The van der Waals surface area contributed by atoms with Gasteiger partial charge in [0.15, 0.2) is 18.5 Å². The molecule has 20 heavy (non-hydrogen) atoms. The molecule has 4 heteroatoms. The maximum Gasteiger partial charge on any atom is 0.335 e. The van der Waals surface area contributed by atoms with Crippen LogP contribution < -0.4 is 0 Å². The Morgan fingerprint density at radius 2 is 1.95 bits per heavy atom. The summed E-state index contributed by atoms with van der Waals surface area (Å²) in [5.41, 5.74) is 2.29. The van der Waals surface area contributed by atoms with Crippen molar-refractivity contribution in [3.8, 4) is 0 Å². The van der Waals surface area contributed by atoms with E-state index < -0.39 is 6.04 Å². The zero-order chi connectivity index (χ0) is 14.8. The van der Waals surface area contributed by atoms with Crippen LogP contribution in [0.4, 0.5) is 0 Å². The lowest BCUT2D eigenvalue weighted by molar-refractivity contribution is -0.146. The monoisotopic (exact) mass is 275 g/mol. The van der Waals surface area contributed by atoms with E-state index in [2.05, 4.69) is 37.9 Å². The van der Waals surface area contributed by atoms with Crippen molar-refractivity contribution < 1.29 is 14.3 Å². The minimum Gasteiger partial charge on any atom is -0.473 e. The molecule has 2 atom stereocenters. The predicted octanol–water partition coefficient (Wildman–Crippen LogP) is 3.02. The molecule has 0 saturated carbocycles. The van der Waals surface area contributed by atoms with Crippen LogP contribution in [0.5, 0.6) is 0 Å². The van der Waals surface area contributed by atoms with E-state index in [4.69, 9.17) is 9.47 Å². The lowest BCUT2D eigenvalue weighted by Crippen LogP contribution is -2.26. The van der Waals surface area contributed by atoms with Crippen molar-refractivity contribution in [2.45, 2.75) is 45.3 Å². The van der Waals surface area contributed by atoms with Gasteiger partial charge in [0, 0.05) is 0 Å². The summed E-state index contributed by atoms with van der Waals surface area (Å²) >= 11 is 0. The highest BCUT2D eigenvalue weighted by atomic mass is 16.5. The zero-order valence-electron chi connectivity index (χ0n) is 12.4. The number of nitrogens with zero attached hydrogens (tertiary/aromatic N) is 1. The molecule has 1 aromatic rings. The van der Waals surface area contributed by atoms with Gasteiger partial charge < -0.3 is 9.47 Å². The third kappa shape index (κ3) is 3.00. The highest BCUT2D eigenvalue weighted by Gasteiger charge is 2.35. The minimum atomic E-state index is -0.601. The van der Waals surface area contributed by atoms with Crippen molar-refractivity contribution in [2.24, 2.45) is 4.99 Å². The summed E-state index contributed by atoms with van der Waals surface area (Å²) < 4.78 is 10.5. The van der Waals surface area contributed by atoms with E-state index in [1.807, 2.05) is 12.1 Å². The van der Waals surface area contributed by atoms with Gasteiger partial charge in [-0.2, -0.15) is 0 Å². The number of ether oxygens (including phenoxy) is 2. The maximum atomic E-state index is 11.8. The van der Waals surface area contributed by atoms with Gasteiger partial charge in [-0.3, -0.25) is 0 Å². The van der Waals surface area contributed by atoms with Gasteiger partial charge in [0.1, 0.15) is 0 Å². The Hall–Kier alpha value is -1.84. The van der Waals surface area contributed by atoms with Crippen molar-refractivity contribution in [3.05, 3.63) is 35.4 Å². The number of aliphatic imine (C=N–C) groups is 1. The smallest absolute Gasteiger partial charge is 0.335 e. The van der Waals surface area contributed by atoms with E-state index in [9.17, 15) is 4.79 Å². The molecule has 2 unspecified atom stereocenters. The number of carbonyl (C=O) groups is 1. The molecule has 0 amide bonds. The summed E-state index contributed by atoms with van der Waals surface area (Å²) in [5, 5.41) is 0. The number of rotatable bonds is 3. The summed E-state index contributed by atoms with van der Waals surface area (Å²) in [7, 11) is 0. The lowest BCUT2D eigenvalue weighted by Gasteiger charge is -2.21. The minimum absolute atomic E-state index is 0.103. The molecule has 0 saturated heterocycles. The Bertz CT molecular complexity index is 499. The molecule has 1 heterocycles. The molecule has 0 fully saturated rings. The van der Waals surface area contributed by atoms with Crippen LogP contribution in [-0.4, -0.2) is 25.0 Å². The summed E-state index contributed by atoms with van der Waals surface area (Å²) in [6, 6.07) is 7.52. The first-order valence-corrected chi connectivity index (χ1v) is 6.87. The fourth-order valence-electron chi connectivity index (χ4n) is 2.16. The Kier molecular flexibility index (Phi) is 4.12. The standard InChI is InChI=1S/C16H21NO3/c1-5-19-15(18)13-14(20-10-17-13)11-6-8-12(9-7-11)16(2,3)4/h6-10,13-14H,5H2,1-4H3. The van der Waals surface area contributed by atoms with Gasteiger partial charge in [-0.1, -0.05) is 45.0 Å². The third-order valence-electron chi connectivity index (χ3n) is 3.35. The molecular formula is C16H21NO3. The normalized spacial score (nSPS) is 21.6. The van der Waals surface area contributed by atoms with Crippen molar-refractivity contribution in [1.29, 1.82) is 0 Å². The second-order valence-electron chi connectivity index (χ2n) is 5.88. The van der Waals surface area contributed by atoms with E-state index in [-0.39, 0.29) is 17.5 Å². The number of carbonyl (C=O) groups excluding carboxylic acids is 1. The SMILES string of the molecule is CCOC(=O)C1N=COC1c1ccc(C(C)(C)C)cc1. The number of hydrogen-bond donors (Lipinski definition) is 0. The van der Waals surface area contributed by atoms with Crippen molar-refractivity contribution >= 4 is 12.4 Å². The van der Waals surface area contributed by atoms with Crippen LogP contribution in [0.2, 0.25) is 0 Å². The van der Waals surface area contributed by atoms with Crippen LogP contribution in [0, 0.1) is 0 Å². The number of hydrogen-bond acceptors (Lipinski definition) is 4. The van der Waals surface area contributed by atoms with Crippen LogP contribution in [0.15, 0.2) is 29.3 Å². The molecule has 1 aliphatic heterocycles. The summed E-state index contributed by atoms with van der Waals surface area (Å²) in [5.74, 6) is -0.342. The fourth-order valence-corrected chi connectivity index (χ4v) is 2.16. The van der Waals surface area contributed by atoms with E-state index in [1.54, 1.807) is 6.92 Å². The number of esters is 1. The average Bonchev–Trinajstić information content (AvgIpc) is 2.87. The second-order valence-corrected chi connectivity index (χ2v) is 5.88. The summed E-state index contributed by atoms with van der Waals surface area (Å²) in [6.45, 7) is 8.63. The van der Waals surface area contributed by atoms with Crippen molar-refractivity contribution in [3.63, 3.8) is 0 Å². The zero-order valence-corrected chi connectivity index (χ0v) is 12.4. The van der Waals surface area contributed by atoms with Crippen LogP contribution in [-0.2, 0) is 19.7 Å². The molecule has 0 aliphatic carbocycles. The van der Waals surface area contributed by atoms with Crippen LogP contribution in [0.3, 0.4) is 0 Å². The molecule has 0 aromatic heterocycles. The topological polar surface area (TPSA) is 47.9 Å². The second kappa shape index (κ2) is 5.65. The van der Waals surface area contributed by atoms with Gasteiger partial charge in [0.25, 0.3) is 0 Å². The van der Waals surface area contributed by atoms with E-state index in [0.29, 0.717) is 6.61 Å². The van der Waals surface area contributed by atoms with E-state index >= 15 is 0 Å². The van der Waals surface area contributed by atoms with Gasteiger partial charge in [-0.25, -0.2) is 9.79 Å². The molecule has 4 nitrogen and oxygen atoms in total. The third-order valence-corrected chi connectivity index (χ3v) is 3.35. The van der Waals surface area contributed by atoms with Gasteiger partial charge in [-0.05, 0) is 23.5 Å². The van der Waals surface area contributed by atoms with Crippen LogP contribution in [0.1, 0.15) is 44.9 Å². The first-order chi connectivity index (χ1) is 9.43. The summed E-state index contributed by atoms with van der Waals surface area (Å²) in [4.78, 5) is 15.9. The molecule has 0 spiro atoms. The molecule has 108 valence electrons. The number of benzene rings is 1. The predicted molar refractivity (Wildman–Crippen MR) is 77.9 cm³/mol. The summed E-state index contributed by atoms with van der Waals surface area (Å²) in [6.07, 6.45) is 0.951. The molecule has 2 rings (SSSR count). The quantitative estimate of drug-likeness (QED) is 0.797. The largest absolute Gasteiger partial charge is 0.473 e. The highest BCUT2D eigenvalue weighted by molar-refractivity contribution is 5.80. The Morgan fingerprint density at radius 1 is 1.30 bits per heavy atom. The first-order valence-electron chi connectivity index (χ1n) is 6.87. The Labute approximate surface area is 119 Å². The fraction of sp³-hybridized carbons (Fsp3) is 0.500. The van der Waals surface area contributed by atoms with Gasteiger partial charge in [-0.15, -0.1) is 0 Å². The molecule has 1 aromatic carbocycles. The van der Waals surface area contributed by atoms with Crippen molar-refractivity contribution in [2.75, 3.05) is 6.61 Å². The van der Waals surface area contributed by atoms with Gasteiger partial charge >= 0.3 is 5.97 Å². The molecule has 0 N–H and O–H groups in total. The van der Waals surface area contributed by atoms with E-state index in [1.165, 1.54) is 12.0 Å². The van der Waals surface area contributed by atoms with Crippen LogP contribution >= 0.6 is 0 Å². The lowest BCUT2D eigenvalue weighted by atomic mass is 9.86. The molecule has 0 radical (unpaired) electrons. The van der Waals surface area contributed by atoms with Crippen LogP contribution in [0.25, 0.3) is 0 Å². The molecular weight excluding hydrogens is 254 g/mol.